The molecule has 0 bridgehead atoms. The van der Waals surface area contributed by atoms with Gasteiger partial charge in [0.2, 0.25) is 0 Å². The van der Waals surface area contributed by atoms with E-state index in [1.807, 2.05) is 0 Å². The van der Waals surface area contributed by atoms with E-state index < -0.39 is 23.2 Å². The number of H-pyrrole nitrogens is 1. The number of benzene rings is 1. The Morgan fingerprint density at radius 3 is 2.39 bits per heavy atom. The average Bonchev–Trinajstić information content (AvgIpc) is 2.59. The highest BCUT2D eigenvalue weighted by molar-refractivity contribution is 5.95. The van der Waals surface area contributed by atoms with Crippen molar-refractivity contribution < 1.29 is 18.3 Å². The molecule has 1 aromatic heterocycles. The van der Waals surface area contributed by atoms with E-state index in [0.29, 0.717) is 10.9 Å². The summed E-state index contributed by atoms with van der Waals surface area (Å²) in [5.74, 6) is -2.46. The second kappa shape index (κ2) is 4.08. The fraction of sp³-hybridized carbons (Fsp3) is 0.308. The van der Waals surface area contributed by atoms with E-state index >= 15 is 0 Å². The lowest BCUT2D eigenvalue weighted by molar-refractivity contribution is 0.00639. The molecule has 0 amide bonds. The number of aromatic nitrogens is 1. The Morgan fingerprint density at radius 1 is 1.17 bits per heavy atom. The first-order valence-corrected chi connectivity index (χ1v) is 5.47. The van der Waals surface area contributed by atoms with Crippen molar-refractivity contribution >= 4 is 16.9 Å². The summed E-state index contributed by atoms with van der Waals surface area (Å²) in [5.41, 5.74) is -0.0927. The molecule has 2 aromatic rings. The number of nitrogens with one attached hydrogen (secondary N) is 1. The second-order valence-corrected chi connectivity index (χ2v) is 5.04. The van der Waals surface area contributed by atoms with E-state index in [2.05, 4.69) is 4.98 Å². The molecule has 0 fully saturated rings. The number of aromatic amines is 1. The molecule has 0 aliphatic rings. The molecular weight excluding hydrogens is 240 g/mol. The third-order valence-electron chi connectivity index (χ3n) is 2.28. The van der Waals surface area contributed by atoms with Crippen molar-refractivity contribution in [1.29, 1.82) is 0 Å². The van der Waals surface area contributed by atoms with E-state index in [4.69, 9.17) is 4.74 Å². The SMILES string of the molecule is CC(C)(C)OC(=O)c1cc2cc(F)c(F)cc2[nH]1. The van der Waals surface area contributed by atoms with Gasteiger partial charge in [0.05, 0.1) is 0 Å². The van der Waals surface area contributed by atoms with Crippen molar-refractivity contribution in [2.45, 2.75) is 26.4 Å². The highest BCUT2D eigenvalue weighted by atomic mass is 19.2. The molecule has 0 saturated carbocycles. The molecule has 1 aromatic carbocycles. The number of ether oxygens (including phenoxy) is 1. The first kappa shape index (κ1) is 12.5. The Hall–Kier alpha value is -1.91. The number of hydrogen-bond donors (Lipinski definition) is 1. The van der Waals surface area contributed by atoms with Crippen LogP contribution in [0.25, 0.3) is 10.9 Å². The van der Waals surface area contributed by atoms with E-state index in [0.717, 1.165) is 12.1 Å². The number of fused-ring (bicyclic) bond motifs is 1. The minimum atomic E-state index is -0.958. The van der Waals surface area contributed by atoms with Crippen molar-refractivity contribution in [1.82, 2.24) is 4.98 Å². The van der Waals surface area contributed by atoms with Gasteiger partial charge >= 0.3 is 5.97 Å². The third kappa shape index (κ3) is 2.50. The maximum atomic E-state index is 13.0. The monoisotopic (exact) mass is 253 g/mol. The number of carbonyl (C=O) groups excluding carboxylic acids is 1. The van der Waals surface area contributed by atoms with Gasteiger partial charge in [-0.25, -0.2) is 13.6 Å². The third-order valence-corrected chi connectivity index (χ3v) is 2.28. The summed E-state index contributed by atoms with van der Waals surface area (Å²) in [6.07, 6.45) is 0. The van der Waals surface area contributed by atoms with Crippen LogP contribution in [0, 0.1) is 11.6 Å². The predicted molar refractivity (Wildman–Crippen MR) is 63.4 cm³/mol. The standard InChI is InChI=1S/C13H13F2NO2/c1-13(2,3)18-12(17)11-5-7-4-8(14)9(15)6-10(7)16-11/h4-6,16H,1-3H3. The summed E-state index contributed by atoms with van der Waals surface area (Å²) in [4.78, 5) is 14.5. The van der Waals surface area contributed by atoms with Gasteiger partial charge in [0.25, 0.3) is 0 Å². The van der Waals surface area contributed by atoms with Crippen LogP contribution >= 0.6 is 0 Å². The number of carbonyl (C=O) groups is 1. The van der Waals surface area contributed by atoms with Gasteiger partial charge in [0.15, 0.2) is 11.6 Å². The van der Waals surface area contributed by atoms with Crippen molar-refractivity contribution in [3.63, 3.8) is 0 Å². The Labute approximate surface area is 103 Å². The van der Waals surface area contributed by atoms with Crippen molar-refractivity contribution in [2.75, 3.05) is 0 Å². The summed E-state index contributed by atoms with van der Waals surface area (Å²) in [7, 11) is 0. The lowest BCUT2D eigenvalue weighted by Gasteiger charge is -2.18. The Morgan fingerprint density at radius 2 is 1.78 bits per heavy atom. The van der Waals surface area contributed by atoms with Crippen LogP contribution in [0.4, 0.5) is 8.78 Å². The van der Waals surface area contributed by atoms with Crippen LogP contribution in [0.2, 0.25) is 0 Å². The van der Waals surface area contributed by atoms with Gasteiger partial charge in [-0.05, 0) is 32.9 Å². The minimum absolute atomic E-state index is 0.171. The summed E-state index contributed by atoms with van der Waals surface area (Å²) in [6, 6.07) is 3.49. The maximum absolute atomic E-state index is 13.0. The summed E-state index contributed by atoms with van der Waals surface area (Å²) < 4.78 is 31.2. The van der Waals surface area contributed by atoms with Crippen LogP contribution in [-0.2, 0) is 4.74 Å². The normalized spacial score (nSPS) is 11.8. The number of hydrogen-bond acceptors (Lipinski definition) is 2. The summed E-state index contributed by atoms with van der Waals surface area (Å²) in [5, 5.41) is 0.426. The van der Waals surface area contributed by atoms with Gasteiger partial charge in [0.1, 0.15) is 11.3 Å². The molecule has 3 nitrogen and oxygen atoms in total. The van der Waals surface area contributed by atoms with Gasteiger partial charge in [-0.3, -0.25) is 0 Å². The van der Waals surface area contributed by atoms with Crippen molar-refractivity contribution in [3.8, 4) is 0 Å². The van der Waals surface area contributed by atoms with Crippen molar-refractivity contribution in [3.05, 3.63) is 35.5 Å². The molecule has 1 heterocycles. The molecule has 0 radical (unpaired) electrons. The Kier molecular flexibility index (Phi) is 2.84. The molecule has 0 saturated heterocycles. The zero-order valence-electron chi connectivity index (χ0n) is 10.3. The van der Waals surface area contributed by atoms with Gasteiger partial charge < -0.3 is 9.72 Å². The van der Waals surface area contributed by atoms with Gasteiger partial charge in [-0.15, -0.1) is 0 Å². The number of rotatable bonds is 1. The quantitative estimate of drug-likeness (QED) is 0.791. The largest absolute Gasteiger partial charge is 0.455 e. The van der Waals surface area contributed by atoms with E-state index in [1.54, 1.807) is 20.8 Å². The molecule has 2 rings (SSSR count). The van der Waals surface area contributed by atoms with Crippen LogP contribution in [0.3, 0.4) is 0 Å². The number of halogens is 2. The smallest absolute Gasteiger partial charge is 0.355 e. The predicted octanol–water partition coefficient (Wildman–Crippen LogP) is 3.40. The number of esters is 1. The molecule has 5 heteroatoms. The van der Waals surface area contributed by atoms with E-state index in [-0.39, 0.29) is 5.69 Å². The highest BCUT2D eigenvalue weighted by Gasteiger charge is 2.19. The van der Waals surface area contributed by atoms with E-state index in [9.17, 15) is 13.6 Å². The molecular formula is C13H13F2NO2. The summed E-state index contributed by atoms with van der Waals surface area (Å²) in [6.45, 7) is 5.23. The first-order chi connectivity index (χ1) is 8.26. The topological polar surface area (TPSA) is 42.1 Å². The van der Waals surface area contributed by atoms with Crippen LogP contribution in [0.5, 0.6) is 0 Å². The molecule has 96 valence electrons. The van der Waals surface area contributed by atoms with Gasteiger partial charge in [-0.1, -0.05) is 0 Å². The van der Waals surface area contributed by atoms with Crippen LogP contribution in [0.15, 0.2) is 18.2 Å². The molecule has 1 N–H and O–H groups in total. The molecule has 0 spiro atoms. The van der Waals surface area contributed by atoms with Crippen LogP contribution in [-0.4, -0.2) is 16.6 Å². The Bertz CT molecular complexity index is 572. The van der Waals surface area contributed by atoms with Crippen LogP contribution in [0.1, 0.15) is 31.3 Å². The fourth-order valence-electron chi connectivity index (χ4n) is 1.57. The molecule has 18 heavy (non-hydrogen) atoms. The maximum Gasteiger partial charge on any atom is 0.355 e. The molecule has 0 aliphatic carbocycles. The zero-order chi connectivity index (χ0) is 13.5. The first-order valence-electron chi connectivity index (χ1n) is 5.47. The Balaban J connectivity index is 2.39. The van der Waals surface area contributed by atoms with Crippen LogP contribution < -0.4 is 0 Å². The average molecular weight is 253 g/mol. The lowest BCUT2D eigenvalue weighted by atomic mass is 10.2. The highest BCUT2D eigenvalue weighted by Crippen LogP contribution is 2.21. The van der Waals surface area contributed by atoms with Gasteiger partial charge in [0, 0.05) is 17.0 Å². The zero-order valence-corrected chi connectivity index (χ0v) is 10.3. The van der Waals surface area contributed by atoms with Crippen molar-refractivity contribution in [2.24, 2.45) is 0 Å². The molecule has 0 atom stereocenters. The fourth-order valence-corrected chi connectivity index (χ4v) is 1.57. The molecule has 0 aliphatic heterocycles. The molecule has 0 unspecified atom stereocenters. The summed E-state index contributed by atoms with van der Waals surface area (Å²) >= 11 is 0. The minimum Gasteiger partial charge on any atom is -0.455 e. The second-order valence-electron chi connectivity index (χ2n) is 5.04. The van der Waals surface area contributed by atoms with E-state index in [1.165, 1.54) is 6.07 Å². The van der Waals surface area contributed by atoms with Gasteiger partial charge in [-0.2, -0.15) is 0 Å². The lowest BCUT2D eigenvalue weighted by Crippen LogP contribution is -2.24.